The van der Waals surface area contributed by atoms with Crippen molar-refractivity contribution in [2.24, 2.45) is 10.4 Å². The molecule has 1 spiro atoms. The van der Waals surface area contributed by atoms with Crippen LogP contribution < -0.4 is 5.32 Å². The van der Waals surface area contributed by atoms with Gasteiger partial charge in [-0.15, -0.1) is 11.3 Å². The van der Waals surface area contributed by atoms with Gasteiger partial charge in [0.25, 0.3) is 0 Å². The van der Waals surface area contributed by atoms with Crippen molar-refractivity contribution in [2.45, 2.75) is 38.6 Å². The molecular formula is C18H28N4S. The van der Waals surface area contributed by atoms with Crippen LogP contribution in [-0.4, -0.2) is 55.5 Å². The second-order valence-electron chi connectivity index (χ2n) is 7.39. The van der Waals surface area contributed by atoms with Crippen molar-refractivity contribution >= 4 is 17.3 Å². The lowest BCUT2D eigenvalue weighted by Crippen LogP contribution is -2.45. The standard InChI is InChI=1S/C18H28N4S/c1-19-17(22-10-7-18(14-22)5-2-6-18)20-8-11-21-9-3-16-15(13-21)4-12-23-16/h4,12H,2-3,5-11,13-14H2,1H3,(H,19,20). The molecule has 0 bridgehead atoms. The number of nitrogens with one attached hydrogen (secondary N) is 1. The van der Waals surface area contributed by atoms with Gasteiger partial charge in [0.05, 0.1) is 0 Å². The highest BCUT2D eigenvalue weighted by atomic mass is 32.1. The van der Waals surface area contributed by atoms with Gasteiger partial charge < -0.3 is 10.2 Å². The van der Waals surface area contributed by atoms with E-state index in [0.717, 1.165) is 25.6 Å². The third kappa shape index (κ3) is 3.13. The number of hydrogen-bond acceptors (Lipinski definition) is 3. The molecular weight excluding hydrogens is 304 g/mol. The molecule has 4 rings (SSSR count). The van der Waals surface area contributed by atoms with Crippen molar-refractivity contribution in [1.29, 1.82) is 0 Å². The highest BCUT2D eigenvalue weighted by Crippen LogP contribution is 2.47. The van der Waals surface area contributed by atoms with E-state index in [4.69, 9.17) is 0 Å². The first-order valence-electron chi connectivity index (χ1n) is 9.01. The molecule has 1 aromatic heterocycles. The Labute approximate surface area is 143 Å². The van der Waals surface area contributed by atoms with Crippen molar-refractivity contribution in [3.8, 4) is 0 Å². The van der Waals surface area contributed by atoms with Crippen LogP contribution in [0.25, 0.3) is 0 Å². The number of fused-ring (bicyclic) bond motifs is 1. The lowest BCUT2D eigenvalue weighted by atomic mass is 9.68. The molecule has 126 valence electrons. The summed E-state index contributed by atoms with van der Waals surface area (Å²) in [5.74, 6) is 1.11. The zero-order valence-corrected chi connectivity index (χ0v) is 15.0. The molecule has 1 saturated carbocycles. The van der Waals surface area contributed by atoms with E-state index < -0.39 is 0 Å². The molecule has 1 saturated heterocycles. The van der Waals surface area contributed by atoms with Crippen molar-refractivity contribution in [3.05, 3.63) is 21.9 Å². The minimum Gasteiger partial charge on any atom is -0.355 e. The minimum absolute atomic E-state index is 0.639. The van der Waals surface area contributed by atoms with Crippen LogP contribution in [-0.2, 0) is 13.0 Å². The Morgan fingerprint density at radius 3 is 3.00 bits per heavy atom. The Morgan fingerprint density at radius 1 is 1.35 bits per heavy atom. The van der Waals surface area contributed by atoms with Crippen LogP contribution in [0.2, 0.25) is 0 Å². The maximum atomic E-state index is 4.52. The van der Waals surface area contributed by atoms with Gasteiger partial charge in [-0.2, -0.15) is 0 Å². The van der Waals surface area contributed by atoms with Gasteiger partial charge in [-0.3, -0.25) is 9.89 Å². The smallest absolute Gasteiger partial charge is 0.193 e. The molecule has 3 heterocycles. The fourth-order valence-electron chi connectivity index (χ4n) is 4.36. The number of hydrogen-bond donors (Lipinski definition) is 1. The van der Waals surface area contributed by atoms with Gasteiger partial charge in [-0.05, 0) is 48.1 Å². The van der Waals surface area contributed by atoms with Crippen molar-refractivity contribution in [2.75, 3.05) is 39.8 Å². The molecule has 2 aliphatic heterocycles. The van der Waals surface area contributed by atoms with Crippen LogP contribution in [0.3, 0.4) is 0 Å². The van der Waals surface area contributed by atoms with Gasteiger partial charge in [-0.25, -0.2) is 0 Å². The first kappa shape index (κ1) is 15.5. The van der Waals surface area contributed by atoms with E-state index in [1.807, 2.05) is 18.4 Å². The first-order chi connectivity index (χ1) is 11.3. The van der Waals surface area contributed by atoms with Crippen LogP contribution in [0.5, 0.6) is 0 Å². The number of thiophene rings is 1. The zero-order valence-electron chi connectivity index (χ0n) is 14.2. The molecule has 23 heavy (non-hydrogen) atoms. The third-order valence-corrected chi connectivity index (χ3v) is 6.98. The van der Waals surface area contributed by atoms with E-state index in [2.05, 4.69) is 31.6 Å². The lowest BCUT2D eigenvalue weighted by Gasteiger charge is -2.38. The molecule has 0 unspecified atom stereocenters. The Hall–Kier alpha value is -1.07. The Kier molecular flexibility index (Phi) is 4.33. The van der Waals surface area contributed by atoms with Gasteiger partial charge in [0.2, 0.25) is 0 Å². The number of rotatable bonds is 3. The molecule has 0 aromatic carbocycles. The molecule has 1 aromatic rings. The quantitative estimate of drug-likeness (QED) is 0.682. The normalized spacial score (nSPS) is 23.9. The molecule has 0 radical (unpaired) electrons. The monoisotopic (exact) mass is 332 g/mol. The second-order valence-corrected chi connectivity index (χ2v) is 8.39. The summed E-state index contributed by atoms with van der Waals surface area (Å²) in [6.45, 7) is 6.81. The highest BCUT2D eigenvalue weighted by molar-refractivity contribution is 7.10. The summed E-state index contributed by atoms with van der Waals surface area (Å²) >= 11 is 1.92. The molecule has 0 amide bonds. The number of likely N-dealkylation sites (tertiary alicyclic amines) is 1. The predicted molar refractivity (Wildman–Crippen MR) is 97.1 cm³/mol. The Morgan fingerprint density at radius 2 is 2.26 bits per heavy atom. The topological polar surface area (TPSA) is 30.9 Å². The number of guanidine groups is 1. The van der Waals surface area contributed by atoms with Crippen molar-refractivity contribution in [3.63, 3.8) is 0 Å². The van der Waals surface area contributed by atoms with Crippen molar-refractivity contribution in [1.82, 2.24) is 15.1 Å². The summed E-state index contributed by atoms with van der Waals surface area (Å²) in [7, 11) is 1.92. The maximum Gasteiger partial charge on any atom is 0.193 e. The highest BCUT2D eigenvalue weighted by Gasteiger charge is 2.43. The summed E-state index contributed by atoms with van der Waals surface area (Å²) in [5.41, 5.74) is 2.18. The van der Waals surface area contributed by atoms with Gasteiger partial charge in [0.1, 0.15) is 0 Å². The fraction of sp³-hybridized carbons (Fsp3) is 0.722. The summed E-state index contributed by atoms with van der Waals surface area (Å²) in [4.78, 5) is 11.2. The average Bonchev–Trinajstić information content (AvgIpc) is 3.17. The molecule has 1 aliphatic carbocycles. The Bertz CT molecular complexity index is 575. The van der Waals surface area contributed by atoms with Crippen LogP contribution in [0.1, 0.15) is 36.1 Å². The molecule has 0 atom stereocenters. The number of nitrogens with zero attached hydrogens (tertiary/aromatic N) is 3. The predicted octanol–water partition coefficient (Wildman–Crippen LogP) is 2.56. The SMILES string of the molecule is CN=C(NCCN1CCc2sccc2C1)N1CCC2(CCC2)C1. The molecule has 5 heteroatoms. The third-order valence-electron chi connectivity index (χ3n) is 5.96. The summed E-state index contributed by atoms with van der Waals surface area (Å²) in [5, 5.41) is 5.83. The van der Waals surface area contributed by atoms with Crippen LogP contribution >= 0.6 is 11.3 Å². The van der Waals surface area contributed by atoms with E-state index in [0.29, 0.717) is 5.41 Å². The lowest BCUT2D eigenvalue weighted by molar-refractivity contribution is 0.151. The maximum absolute atomic E-state index is 4.52. The van der Waals surface area contributed by atoms with Crippen LogP contribution in [0.4, 0.5) is 0 Å². The van der Waals surface area contributed by atoms with Crippen molar-refractivity contribution < 1.29 is 0 Å². The zero-order chi connectivity index (χ0) is 15.7. The van der Waals surface area contributed by atoms with Crippen LogP contribution in [0.15, 0.2) is 16.4 Å². The summed E-state index contributed by atoms with van der Waals surface area (Å²) < 4.78 is 0. The van der Waals surface area contributed by atoms with Gasteiger partial charge in [0, 0.05) is 51.2 Å². The Balaban J connectivity index is 1.24. The molecule has 4 nitrogen and oxygen atoms in total. The van der Waals surface area contributed by atoms with E-state index in [1.54, 1.807) is 4.88 Å². The van der Waals surface area contributed by atoms with E-state index in [1.165, 1.54) is 57.3 Å². The van der Waals surface area contributed by atoms with E-state index in [9.17, 15) is 0 Å². The minimum atomic E-state index is 0.639. The molecule has 2 fully saturated rings. The first-order valence-corrected chi connectivity index (χ1v) is 9.89. The van der Waals surface area contributed by atoms with E-state index >= 15 is 0 Å². The summed E-state index contributed by atoms with van der Waals surface area (Å²) in [6, 6.07) is 2.29. The molecule has 3 aliphatic rings. The summed E-state index contributed by atoms with van der Waals surface area (Å²) in [6.07, 6.45) is 6.87. The number of aliphatic imine (C=N–C) groups is 1. The average molecular weight is 333 g/mol. The second kappa shape index (κ2) is 6.44. The largest absolute Gasteiger partial charge is 0.355 e. The van der Waals surface area contributed by atoms with E-state index in [-0.39, 0.29) is 0 Å². The van der Waals surface area contributed by atoms with Gasteiger partial charge in [0.15, 0.2) is 5.96 Å². The van der Waals surface area contributed by atoms with Gasteiger partial charge in [-0.1, -0.05) is 6.42 Å². The van der Waals surface area contributed by atoms with Crippen LogP contribution in [0, 0.1) is 5.41 Å². The molecule has 1 N–H and O–H groups in total. The fourth-order valence-corrected chi connectivity index (χ4v) is 5.25. The van der Waals surface area contributed by atoms with Gasteiger partial charge >= 0.3 is 0 Å².